The number of carbonyl (C=O) groups is 2. The number of fused-ring (bicyclic) bond motifs is 1. The summed E-state index contributed by atoms with van der Waals surface area (Å²) >= 11 is 6.56. The number of nitrogens with zero attached hydrogens (tertiary/aromatic N) is 1. The Morgan fingerprint density at radius 1 is 0.971 bits per heavy atom. The number of aromatic carboxylic acids is 1. The van der Waals surface area contributed by atoms with Crippen molar-refractivity contribution in [2.45, 2.75) is 0 Å². The molecule has 3 aromatic carbocycles. The lowest BCUT2D eigenvalue weighted by Crippen LogP contribution is -2.36. The van der Waals surface area contributed by atoms with E-state index in [0.29, 0.717) is 34.7 Å². The quantitative estimate of drug-likeness (QED) is 0.352. The minimum absolute atomic E-state index is 0.00226. The van der Waals surface area contributed by atoms with Crippen LogP contribution >= 0.6 is 11.6 Å². The van der Waals surface area contributed by atoms with Gasteiger partial charge in [-0.2, -0.15) is 0 Å². The highest BCUT2D eigenvalue weighted by molar-refractivity contribution is 6.34. The molecular weight excluding hydrogens is 456 g/mol. The van der Waals surface area contributed by atoms with Gasteiger partial charge in [0, 0.05) is 35.3 Å². The van der Waals surface area contributed by atoms with Crippen LogP contribution in [0.2, 0.25) is 5.02 Å². The zero-order valence-corrected chi connectivity index (χ0v) is 18.8. The summed E-state index contributed by atoms with van der Waals surface area (Å²) in [6.07, 6.45) is 0. The summed E-state index contributed by atoms with van der Waals surface area (Å²) < 4.78 is 5.41. The SMILES string of the molecule is O=C(O)c1ccccc1C(=O)c1c(O)[nH]c2cc(Cl)c(-c3ccc(N4CCOCC4)cc3)cc12. The maximum Gasteiger partial charge on any atom is 0.336 e. The molecule has 5 rings (SSSR count). The lowest BCUT2D eigenvalue weighted by atomic mass is 9.96. The van der Waals surface area contributed by atoms with E-state index in [0.717, 1.165) is 24.3 Å². The minimum atomic E-state index is -1.22. The highest BCUT2D eigenvalue weighted by Crippen LogP contribution is 2.38. The highest BCUT2D eigenvalue weighted by atomic mass is 35.5. The first kappa shape index (κ1) is 22.0. The number of carboxylic acids is 1. The fourth-order valence-corrected chi connectivity index (χ4v) is 4.60. The summed E-state index contributed by atoms with van der Waals surface area (Å²) in [5.74, 6) is -2.14. The molecule has 2 heterocycles. The predicted molar refractivity (Wildman–Crippen MR) is 130 cm³/mol. The number of halogens is 1. The number of aromatic hydroxyl groups is 1. The molecule has 0 saturated carbocycles. The first-order valence-corrected chi connectivity index (χ1v) is 11.2. The molecule has 1 aliphatic heterocycles. The van der Waals surface area contributed by atoms with Crippen LogP contribution in [0.5, 0.6) is 5.88 Å². The van der Waals surface area contributed by atoms with Crippen molar-refractivity contribution in [3.05, 3.63) is 82.4 Å². The first-order chi connectivity index (χ1) is 16.4. The molecule has 34 heavy (non-hydrogen) atoms. The highest BCUT2D eigenvalue weighted by Gasteiger charge is 2.25. The Morgan fingerprint density at radius 2 is 1.65 bits per heavy atom. The Hall–Kier alpha value is -3.81. The van der Waals surface area contributed by atoms with E-state index in [-0.39, 0.29) is 22.6 Å². The molecule has 1 fully saturated rings. The van der Waals surface area contributed by atoms with Crippen LogP contribution in [0.1, 0.15) is 26.3 Å². The van der Waals surface area contributed by atoms with Crippen LogP contribution in [0.4, 0.5) is 5.69 Å². The van der Waals surface area contributed by atoms with Crippen LogP contribution in [-0.4, -0.2) is 53.3 Å². The fraction of sp³-hybridized carbons (Fsp3) is 0.154. The van der Waals surface area contributed by atoms with Crippen LogP contribution in [0.3, 0.4) is 0 Å². The second kappa shape index (κ2) is 8.85. The van der Waals surface area contributed by atoms with E-state index in [1.54, 1.807) is 24.3 Å². The number of carbonyl (C=O) groups excluding carboxylic acids is 1. The van der Waals surface area contributed by atoms with E-state index >= 15 is 0 Å². The molecular formula is C26H21ClN2O5. The molecule has 0 radical (unpaired) electrons. The Balaban J connectivity index is 1.57. The number of ether oxygens (including phenoxy) is 1. The topological polar surface area (TPSA) is 103 Å². The van der Waals surface area contributed by atoms with Crippen molar-refractivity contribution in [1.82, 2.24) is 4.98 Å². The van der Waals surface area contributed by atoms with Gasteiger partial charge in [-0.3, -0.25) is 4.79 Å². The predicted octanol–water partition coefficient (Wildman–Crippen LogP) is 4.96. The van der Waals surface area contributed by atoms with E-state index in [1.165, 1.54) is 12.1 Å². The number of benzene rings is 3. The van der Waals surface area contributed by atoms with Crippen molar-refractivity contribution in [2.75, 3.05) is 31.2 Å². The largest absolute Gasteiger partial charge is 0.494 e. The average molecular weight is 477 g/mol. The van der Waals surface area contributed by atoms with E-state index in [2.05, 4.69) is 9.88 Å². The minimum Gasteiger partial charge on any atom is -0.494 e. The molecule has 7 nitrogen and oxygen atoms in total. The van der Waals surface area contributed by atoms with Gasteiger partial charge in [0.2, 0.25) is 5.88 Å². The van der Waals surface area contributed by atoms with Crippen LogP contribution in [0, 0.1) is 0 Å². The number of morpholine rings is 1. The zero-order chi connectivity index (χ0) is 23.8. The molecule has 1 aromatic heterocycles. The van der Waals surface area contributed by atoms with Gasteiger partial charge in [0.05, 0.1) is 34.9 Å². The number of carboxylic acid groups (broad SMARTS) is 1. The molecule has 4 aromatic rings. The number of anilines is 1. The van der Waals surface area contributed by atoms with Crippen molar-refractivity contribution in [1.29, 1.82) is 0 Å². The van der Waals surface area contributed by atoms with E-state index in [9.17, 15) is 19.8 Å². The second-order valence-electron chi connectivity index (χ2n) is 8.05. The van der Waals surface area contributed by atoms with Crippen molar-refractivity contribution in [3.8, 4) is 17.0 Å². The Kier molecular flexibility index (Phi) is 5.73. The fourth-order valence-electron chi connectivity index (χ4n) is 4.33. The van der Waals surface area contributed by atoms with Gasteiger partial charge in [0.15, 0.2) is 5.78 Å². The standard InChI is InChI=1S/C26H21ClN2O5/c27-21-14-22-20(13-19(21)15-5-7-16(8-6-15)29-9-11-34-12-10-29)23(25(31)28-22)24(30)17-3-1-2-4-18(17)26(32)33/h1-8,13-14,28,31H,9-12H2,(H,32,33). The molecule has 1 aliphatic rings. The third-order valence-electron chi connectivity index (χ3n) is 6.05. The Morgan fingerprint density at radius 3 is 2.32 bits per heavy atom. The molecule has 1 saturated heterocycles. The Labute approximate surface area is 200 Å². The number of hydrogen-bond donors (Lipinski definition) is 3. The summed E-state index contributed by atoms with van der Waals surface area (Å²) in [7, 11) is 0. The van der Waals surface area contributed by atoms with Gasteiger partial charge < -0.3 is 24.8 Å². The molecule has 0 amide bonds. The number of nitrogens with one attached hydrogen (secondary N) is 1. The van der Waals surface area contributed by atoms with Crippen LogP contribution < -0.4 is 4.90 Å². The third kappa shape index (κ3) is 3.89. The maximum atomic E-state index is 13.3. The van der Waals surface area contributed by atoms with Gasteiger partial charge in [-0.05, 0) is 35.9 Å². The zero-order valence-electron chi connectivity index (χ0n) is 18.0. The lowest BCUT2D eigenvalue weighted by molar-refractivity contribution is 0.0692. The molecule has 0 aliphatic carbocycles. The van der Waals surface area contributed by atoms with Crippen molar-refractivity contribution in [2.24, 2.45) is 0 Å². The smallest absolute Gasteiger partial charge is 0.336 e. The molecule has 0 bridgehead atoms. The normalized spacial score (nSPS) is 13.9. The summed E-state index contributed by atoms with van der Waals surface area (Å²) in [6, 6.07) is 17.3. The lowest BCUT2D eigenvalue weighted by Gasteiger charge is -2.29. The number of ketones is 1. The maximum absolute atomic E-state index is 13.3. The van der Waals surface area contributed by atoms with Gasteiger partial charge in [-0.25, -0.2) is 4.79 Å². The molecule has 0 spiro atoms. The molecule has 0 atom stereocenters. The summed E-state index contributed by atoms with van der Waals surface area (Å²) in [6.45, 7) is 3.06. The number of H-pyrrole nitrogens is 1. The second-order valence-corrected chi connectivity index (χ2v) is 8.46. The number of rotatable bonds is 5. The summed E-state index contributed by atoms with van der Waals surface area (Å²) in [5.41, 5.74) is 2.99. The third-order valence-corrected chi connectivity index (χ3v) is 6.36. The average Bonchev–Trinajstić information content (AvgIpc) is 3.18. The summed E-state index contributed by atoms with van der Waals surface area (Å²) in [5, 5.41) is 21.0. The number of aromatic amines is 1. The number of aromatic nitrogens is 1. The van der Waals surface area contributed by atoms with Gasteiger partial charge in [0.1, 0.15) is 0 Å². The summed E-state index contributed by atoms with van der Waals surface area (Å²) in [4.78, 5) is 30.0. The van der Waals surface area contributed by atoms with E-state index < -0.39 is 11.8 Å². The monoisotopic (exact) mass is 476 g/mol. The Bertz CT molecular complexity index is 1400. The van der Waals surface area contributed by atoms with Gasteiger partial charge >= 0.3 is 5.97 Å². The van der Waals surface area contributed by atoms with Gasteiger partial charge in [-0.1, -0.05) is 41.9 Å². The van der Waals surface area contributed by atoms with Crippen LogP contribution in [-0.2, 0) is 4.74 Å². The molecule has 3 N–H and O–H groups in total. The molecule has 8 heteroatoms. The van der Waals surface area contributed by atoms with E-state index in [4.69, 9.17) is 16.3 Å². The number of hydrogen-bond acceptors (Lipinski definition) is 5. The van der Waals surface area contributed by atoms with Crippen LogP contribution in [0.25, 0.3) is 22.0 Å². The van der Waals surface area contributed by atoms with Crippen molar-refractivity contribution < 1.29 is 24.5 Å². The van der Waals surface area contributed by atoms with Crippen LogP contribution in [0.15, 0.2) is 60.7 Å². The van der Waals surface area contributed by atoms with E-state index in [1.807, 2.05) is 24.3 Å². The molecule has 172 valence electrons. The van der Waals surface area contributed by atoms with Crippen molar-refractivity contribution in [3.63, 3.8) is 0 Å². The molecule has 0 unspecified atom stereocenters. The van der Waals surface area contributed by atoms with Crippen molar-refractivity contribution >= 4 is 39.9 Å². The van der Waals surface area contributed by atoms with Gasteiger partial charge in [0.25, 0.3) is 0 Å². The first-order valence-electron chi connectivity index (χ1n) is 10.8. The van der Waals surface area contributed by atoms with Gasteiger partial charge in [-0.15, -0.1) is 0 Å².